The molecule has 2 aliphatic heterocycles. The quantitative estimate of drug-likeness (QED) is 0.723. The Bertz CT molecular complexity index is 1060. The van der Waals surface area contributed by atoms with Crippen molar-refractivity contribution in [2.45, 2.75) is 6.04 Å². The zero-order valence-electron chi connectivity index (χ0n) is 16.0. The van der Waals surface area contributed by atoms with Crippen molar-refractivity contribution in [1.82, 2.24) is 24.8 Å². The minimum absolute atomic E-state index is 0.0235. The van der Waals surface area contributed by atoms with Crippen LogP contribution in [0, 0.1) is 17.7 Å². The first-order valence-corrected chi connectivity index (χ1v) is 9.58. The fourth-order valence-electron chi connectivity index (χ4n) is 4.79. The zero-order chi connectivity index (χ0) is 20.0. The van der Waals surface area contributed by atoms with Gasteiger partial charge in [0.2, 0.25) is 5.91 Å². The number of aromatic nitrogens is 4. The van der Waals surface area contributed by atoms with Crippen LogP contribution in [0.15, 0.2) is 36.9 Å². The molecule has 2 saturated heterocycles. The van der Waals surface area contributed by atoms with Gasteiger partial charge in [-0.1, -0.05) is 12.1 Å². The summed E-state index contributed by atoms with van der Waals surface area (Å²) in [6.07, 6.45) is 3.13. The standard InChI is InChI=1S/C20H21FN6O2/c1-29-9-16(28)27-7-13-6-26(20-17-19(23-10-22-17)24-11-25-20)8-15(13)18(27)12-3-2-4-14(21)5-12/h2-5,10-11,13,15,18H,6-9H2,1H3,(H,22,23,24,25)/t13-,15-,18+/m1/s1. The second-order valence-corrected chi connectivity index (χ2v) is 7.61. The minimum Gasteiger partial charge on any atom is -0.375 e. The SMILES string of the molecule is COCC(=O)N1C[C@H]2CN(c3ncnc4nc[nH]c34)C[C@H]2[C@@H]1c1cccc(F)c1. The van der Waals surface area contributed by atoms with E-state index in [9.17, 15) is 9.18 Å². The number of benzene rings is 1. The van der Waals surface area contributed by atoms with Crippen molar-refractivity contribution in [1.29, 1.82) is 0 Å². The van der Waals surface area contributed by atoms with E-state index in [1.807, 2.05) is 11.0 Å². The summed E-state index contributed by atoms with van der Waals surface area (Å²) in [5.74, 6) is 0.882. The molecule has 5 rings (SSSR count). The first kappa shape index (κ1) is 18.0. The molecule has 3 aromatic rings. The smallest absolute Gasteiger partial charge is 0.249 e. The third-order valence-electron chi connectivity index (χ3n) is 5.95. The summed E-state index contributed by atoms with van der Waals surface area (Å²) < 4.78 is 19.0. The fraction of sp³-hybridized carbons (Fsp3) is 0.400. The molecule has 150 valence electrons. The monoisotopic (exact) mass is 396 g/mol. The van der Waals surface area contributed by atoms with Gasteiger partial charge in [0, 0.05) is 38.6 Å². The van der Waals surface area contributed by atoms with Crippen LogP contribution >= 0.6 is 0 Å². The Morgan fingerprint density at radius 3 is 3.00 bits per heavy atom. The van der Waals surface area contributed by atoms with Crippen molar-refractivity contribution in [3.05, 3.63) is 48.3 Å². The van der Waals surface area contributed by atoms with Gasteiger partial charge in [-0.15, -0.1) is 0 Å². The lowest BCUT2D eigenvalue weighted by Gasteiger charge is -2.30. The predicted octanol–water partition coefficient (Wildman–Crippen LogP) is 1.77. The number of H-pyrrole nitrogens is 1. The molecule has 2 aromatic heterocycles. The van der Waals surface area contributed by atoms with Gasteiger partial charge in [0.1, 0.15) is 24.3 Å². The minimum atomic E-state index is -0.296. The predicted molar refractivity (Wildman–Crippen MR) is 104 cm³/mol. The number of hydrogen-bond donors (Lipinski definition) is 1. The van der Waals surface area contributed by atoms with Crippen molar-refractivity contribution in [3.63, 3.8) is 0 Å². The summed E-state index contributed by atoms with van der Waals surface area (Å²) in [5.41, 5.74) is 2.26. The van der Waals surface area contributed by atoms with Gasteiger partial charge in [-0.2, -0.15) is 0 Å². The number of carbonyl (C=O) groups is 1. The third kappa shape index (κ3) is 3.02. The van der Waals surface area contributed by atoms with E-state index < -0.39 is 0 Å². The van der Waals surface area contributed by atoms with Gasteiger partial charge in [-0.25, -0.2) is 19.3 Å². The number of nitrogens with one attached hydrogen (secondary N) is 1. The summed E-state index contributed by atoms with van der Waals surface area (Å²) in [7, 11) is 1.51. The van der Waals surface area contributed by atoms with E-state index in [1.54, 1.807) is 12.4 Å². The van der Waals surface area contributed by atoms with E-state index in [2.05, 4.69) is 24.8 Å². The number of anilines is 1. The maximum atomic E-state index is 14.0. The topological polar surface area (TPSA) is 87.2 Å². The Labute approximate surface area is 166 Å². The van der Waals surface area contributed by atoms with Crippen LogP contribution < -0.4 is 4.90 Å². The molecule has 0 aliphatic carbocycles. The first-order valence-electron chi connectivity index (χ1n) is 9.58. The molecule has 1 aromatic carbocycles. The molecule has 0 unspecified atom stereocenters. The molecule has 29 heavy (non-hydrogen) atoms. The molecule has 0 bridgehead atoms. The highest BCUT2D eigenvalue weighted by molar-refractivity contribution is 5.83. The van der Waals surface area contributed by atoms with Gasteiger partial charge in [-0.3, -0.25) is 4.79 Å². The number of hydrogen-bond acceptors (Lipinski definition) is 6. The number of fused-ring (bicyclic) bond motifs is 2. The van der Waals surface area contributed by atoms with Crippen molar-refractivity contribution in [2.24, 2.45) is 11.8 Å². The van der Waals surface area contributed by atoms with Crippen LogP contribution in [0.25, 0.3) is 11.2 Å². The largest absolute Gasteiger partial charge is 0.375 e. The van der Waals surface area contributed by atoms with Crippen molar-refractivity contribution >= 4 is 22.9 Å². The molecule has 8 nitrogen and oxygen atoms in total. The normalized spacial score (nSPS) is 23.7. The molecule has 9 heteroatoms. The lowest BCUT2D eigenvalue weighted by Crippen LogP contribution is -2.37. The zero-order valence-corrected chi connectivity index (χ0v) is 16.0. The molecule has 0 radical (unpaired) electrons. The highest BCUT2D eigenvalue weighted by atomic mass is 19.1. The molecule has 3 atom stereocenters. The number of halogens is 1. The summed E-state index contributed by atoms with van der Waals surface area (Å²) in [6, 6.07) is 6.35. The number of rotatable bonds is 4. The number of nitrogens with zero attached hydrogens (tertiary/aromatic N) is 5. The number of imidazole rings is 1. The van der Waals surface area contributed by atoms with Crippen LogP contribution in [0.5, 0.6) is 0 Å². The van der Waals surface area contributed by atoms with Crippen molar-refractivity contribution in [3.8, 4) is 0 Å². The van der Waals surface area contributed by atoms with Gasteiger partial charge < -0.3 is 19.5 Å². The number of carbonyl (C=O) groups excluding carboxylic acids is 1. The molecule has 0 saturated carbocycles. The highest BCUT2D eigenvalue weighted by Crippen LogP contribution is 2.46. The van der Waals surface area contributed by atoms with Crippen LogP contribution in [0.4, 0.5) is 10.2 Å². The first-order chi connectivity index (χ1) is 14.2. The number of likely N-dealkylation sites (tertiary alicyclic amines) is 1. The molecule has 1 amide bonds. The van der Waals surface area contributed by atoms with Crippen molar-refractivity contribution < 1.29 is 13.9 Å². The van der Waals surface area contributed by atoms with E-state index in [4.69, 9.17) is 4.74 Å². The second-order valence-electron chi connectivity index (χ2n) is 7.61. The third-order valence-corrected chi connectivity index (χ3v) is 5.95. The van der Waals surface area contributed by atoms with E-state index in [0.29, 0.717) is 18.7 Å². The van der Waals surface area contributed by atoms with Gasteiger partial charge in [0.05, 0.1) is 12.4 Å². The van der Waals surface area contributed by atoms with Crippen LogP contribution in [0.3, 0.4) is 0 Å². The van der Waals surface area contributed by atoms with Crippen molar-refractivity contribution in [2.75, 3.05) is 38.3 Å². The molecule has 4 heterocycles. The summed E-state index contributed by atoms with van der Waals surface area (Å²) >= 11 is 0. The lowest BCUT2D eigenvalue weighted by atomic mass is 9.89. The summed E-state index contributed by atoms with van der Waals surface area (Å²) in [6.45, 7) is 2.11. The highest BCUT2D eigenvalue weighted by Gasteiger charge is 2.49. The van der Waals surface area contributed by atoms with Crippen LogP contribution in [0.2, 0.25) is 0 Å². The molecular formula is C20H21FN6O2. The van der Waals surface area contributed by atoms with Gasteiger partial charge in [0.15, 0.2) is 11.5 Å². The Morgan fingerprint density at radius 1 is 1.28 bits per heavy atom. The Hall–Kier alpha value is -3.07. The number of methoxy groups -OCH3 is 1. The molecule has 2 fully saturated rings. The van der Waals surface area contributed by atoms with Crippen LogP contribution in [0.1, 0.15) is 11.6 Å². The molecule has 1 N–H and O–H groups in total. The second kappa shape index (κ2) is 7.07. The van der Waals surface area contributed by atoms with Gasteiger partial charge >= 0.3 is 0 Å². The van der Waals surface area contributed by atoms with E-state index >= 15 is 0 Å². The Kier molecular flexibility index (Phi) is 4.39. The molecule has 0 spiro atoms. The molecular weight excluding hydrogens is 375 g/mol. The van der Waals surface area contributed by atoms with Gasteiger partial charge in [-0.05, 0) is 17.7 Å². The fourth-order valence-corrected chi connectivity index (χ4v) is 4.79. The van der Waals surface area contributed by atoms with E-state index in [1.165, 1.54) is 25.6 Å². The molecule has 2 aliphatic rings. The summed E-state index contributed by atoms with van der Waals surface area (Å²) in [5, 5.41) is 0. The van der Waals surface area contributed by atoms with Crippen LogP contribution in [-0.2, 0) is 9.53 Å². The van der Waals surface area contributed by atoms with E-state index in [-0.39, 0.29) is 36.2 Å². The average molecular weight is 396 g/mol. The number of ether oxygens (including phenoxy) is 1. The number of amides is 1. The maximum Gasteiger partial charge on any atom is 0.249 e. The Morgan fingerprint density at radius 2 is 2.17 bits per heavy atom. The van der Waals surface area contributed by atoms with E-state index in [0.717, 1.165) is 23.4 Å². The van der Waals surface area contributed by atoms with Crippen LogP contribution in [-0.4, -0.2) is 64.1 Å². The number of aromatic amines is 1. The lowest BCUT2D eigenvalue weighted by molar-refractivity contribution is -0.136. The maximum absolute atomic E-state index is 14.0. The van der Waals surface area contributed by atoms with Gasteiger partial charge in [0.25, 0.3) is 0 Å². The summed E-state index contributed by atoms with van der Waals surface area (Å²) in [4.78, 5) is 32.7. The average Bonchev–Trinajstić information content (AvgIpc) is 3.41. The Balaban J connectivity index is 1.48.